The van der Waals surface area contributed by atoms with Gasteiger partial charge in [-0.2, -0.15) is 0 Å². The Hall–Kier alpha value is -3.13. The molecule has 0 saturated carbocycles. The molecule has 0 aliphatic rings. The lowest BCUT2D eigenvalue weighted by atomic mass is 9.87. The van der Waals surface area contributed by atoms with Crippen molar-refractivity contribution in [2.45, 2.75) is 34.0 Å². The lowest BCUT2D eigenvalue weighted by Gasteiger charge is -2.19. The number of hydrogen-bond acceptors (Lipinski definition) is 2. The molecule has 144 valence electrons. The molecule has 2 heteroatoms. The average Bonchev–Trinajstić information content (AvgIpc) is 3.16. The summed E-state index contributed by atoms with van der Waals surface area (Å²) in [4.78, 5) is 4.54. The van der Waals surface area contributed by atoms with Crippen LogP contribution < -0.4 is 0 Å². The maximum atomic E-state index is 8.65. The first kappa shape index (κ1) is 13.2. The fourth-order valence-electron chi connectivity index (χ4n) is 3.83. The van der Waals surface area contributed by atoms with Crippen molar-refractivity contribution in [2.24, 2.45) is 5.41 Å². The Balaban J connectivity index is 1.78. The first-order valence-corrected chi connectivity index (χ1v) is 9.74. The number of rotatable bonds is 2. The maximum Gasteiger partial charge on any atom is 0.144 e. The van der Waals surface area contributed by atoms with Gasteiger partial charge in [0, 0.05) is 34.8 Å². The van der Waals surface area contributed by atoms with Crippen molar-refractivity contribution in [3.05, 3.63) is 78.0 Å². The second-order valence-corrected chi connectivity index (χ2v) is 8.44. The van der Waals surface area contributed by atoms with Crippen LogP contribution in [-0.4, -0.2) is 4.98 Å². The van der Waals surface area contributed by atoms with Crippen molar-refractivity contribution in [2.75, 3.05) is 0 Å². The number of furan rings is 1. The van der Waals surface area contributed by atoms with Crippen molar-refractivity contribution < 1.29 is 11.3 Å². The Morgan fingerprint density at radius 2 is 1.72 bits per heavy atom. The van der Waals surface area contributed by atoms with E-state index >= 15 is 0 Å². The summed E-state index contributed by atoms with van der Waals surface area (Å²) in [7, 11) is 0. The molecule has 0 saturated heterocycles. The van der Waals surface area contributed by atoms with Crippen LogP contribution in [0, 0.1) is 12.3 Å². The normalized spacial score (nSPS) is 15.8. The van der Waals surface area contributed by atoms with E-state index in [-0.39, 0.29) is 11.1 Å². The number of benzene rings is 3. The molecule has 5 rings (SSSR count). The lowest BCUT2D eigenvalue weighted by Crippen LogP contribution is -2.10. The number of aromatic nitrogens is 1. The minimum atomic E-state index is -2.50. The Morgan fingerprint density at radius 1 is 0.931 bits per heavy atom. The molecule has 0 N–H and O–H groups in total. The van der Waals surface area contributed by atoms with Crippen molar-refractivity contribution in [3.8, 4) is 11.3 Å². The Morgan fingerprint density at radius 3 is 2.55 bits per heavy atom. The van der Waals surface area contributed by atoms with Crippen LogP contribution in [0.5, 0.6) is 0 Å². The third-order valence-corrected chi connectivity index (χ3v) is 5.08. The van der Waals surface area contributed by atoms with Crippen molar-refractivity contribution in [1.29, 1.82) is 0 Å². The number of aryl methyl sites for hydroxylation is 1. The number of pyridine rings is 1. The highest BCUT2D eigenvalue weighted by atomic mass is 16.3. The topological polar surface area (TPSA) is 26.0 Å². The van der Waals surface area contributed by atoms with Crippen molar-refractivity contribution >= 4 is 32.7 Å². The number of fused-ring (bicyclic) bond motifs is 5. The van der Waals surface area contributed by atoms with Gasteiger partial charge in [0.2, 0.25) is 0 Å². The fourth-order valence-corrected chi connectivity index (χ4v) is 3.83. The van der Waals surface area contributed by atoms with Gasteiger partial charge in [0.25, 0.3) is 0 Å². The van der Waals surface area contributed by atoms with Crippen LogP contribution >= 0.6 is 0 Å². The molecule has 2 nitrogen and oxygen atoms in total. The van der Waals surface area contributed by atoms with Gasteiger partial charge in [0.1, 0.15) is 11.2 Å². The van der Waals surface area contributed by atoms with E-state index in [1.165, 1.54) is 12.3 Å². The molecule has 0 aliphatic carbocycles. The summed E-state index contributed by atoms with van der Waals surface area (Å²) >= 11 is 0. The van der Waals surface area contributed by atoms with Gasteiger partial charge in [-0.1, -0.05) is 63.2 Å². The van der Waals surface area contributed by atoms with Crippen LogP contribution in [0.25, 0.3) is 44.0 Å². The first-order valence-electron chi connectivity index (χ1n) is 12.2. The summed E-state index contributed by atoms with van der Waals surface area (Å²) in [6, 6.07) is 19.4. The molecule has 29 heavy (non-hydrogen) atoms. The van der Waals surface area contributed by atoms with Gasteiger partial charge in [-0.15, -0.1) is 0 Å². The molecular formula is C27H25NO. The predicted molar refractivity (Wildman–Crippen MR) is 122 cm³/mol. The summed E-state index contributed by atoms with van der Waals surface area (Å²) in [6.45, 7) is 2.76. The second-order valence-electron chi connectivity index (χ2n) is 8.44. The van der Waals surface area contributed by atoms with Crippen molar-refractivity contribution in [3.63, 3.8) is 0 Å². The highest BCUT2D eigenvalue weighted by Gasteiger charge is 2.17. The Bertz CT molecular complexity index is 1560. The van der Waals surface area contributed by atoms with Gasteiger partial charge < -0.3 is 4.42 Å². The predicted octanol–water partition coefficient (Wildman–Crippen LogP) is 7.70. The molecule has 0 atom stereocenters. The van der Waals surface area contributed by atoms with E-state index in [0.29, 0.717) is 16.8 Å². The summed E-state index contributed by atoms with van der Waals surface area (Å²) in [5, 5.41) is 3.98. The monoisotopic (exact) mass is 384 g/mol. The SMILES string of the molecule is [2H]C([2H])([2H])c1cc(-c2cccc3c2oc2c4ccccc4ccc32)ncc1C([2H])([2H])C(C)(C)C. The molecule has 0 radical (unpaired) electrons. The van der Waals surface area contributed by atoms with E-state index in [2.05, 4.69) is 11.1 Å². The van der Waals surface area contributed by atoms with Crippen LogP contribution in [0.4, 0.5) is 0 Å². The highest BCUT2D eigenvalue weighted by molar-refractivity contribution is 6.17. The average molecular weight is 385 g/mol. The van der Waals surface area contributed by atoms with E-state index in [1.54, 1.807) is 20.8 Å². The minimum Gasteiger partial charge on any atom is -0.455 e. The molecule has 0 amide bonds. The summed E-state index contributed by atoms with van der Waals surface area (Å²) in [5.74, 6) is 0. The van der Waals surface area contributed by atoms with Crippen LogP contribution in [0.2, 0.25) is 0 Å². The Labute approximate surface area is 178 Å². The molecule has 3 aromatic carbocycles. The van der Waals surface area contributed by atoms with Crippen molar-refractivity contribution in [1.82, 2.24) is 4.98 Å². The number of nitrogens with zero attached hydrogens (tertiary/aromatic N) is 1. The van der Waals surface area contributed by atoms with Crippen LogP contribution in [-0.2, 0) is 6.37 Å². The zero-order chi connectivity index (χ0) is 24.5. The van der Waals surface area contributed by atoms with E-state index < -0.39 is 18.6 Å². The second kappa shape index (κ2) is 6.45. The van der Waals surface area contributed by atoms with E-state index in [1.807, 2.05) is 48.5 Å². The molecule has 2 aromatic heterocycles. The molecule has 0 fully saturated rings. The van der Waals surface area contributed by atoms with Gasteiger partial charge in [0.15, 0.2) is 0 Å². The summed E-state index contributed by atoms with van der Waals surface area (Å²) in [6.07, 6.45) is -0.508. The maximum absolute atomic E-state index is 8.65. The zero-order valence-electron chi connectivity index (χ0n) is 21.7. The van der Waals surface area contributed by atoms with Gasteiger partial charge in [-0.05, 0) is 53.4 Å². The van der Waals surface area contributed by atoms with E-state index in [4.69, 9.17) is 11.3 Å². The summed E-state index contributed by atoms with van der Waals surface area (Å²) in [5.41, 5.74) is 1.76. The third-order valence-electron chi connectivity index (χ3n) is 5.08. The van der Waals surface area contributed by atoms with Gasteiger partial charge >= 0.3 is 0 Å². The van der Waals surface area contributed by atoms with Crippen LogP contribution in [0.1, 0.15) is 38.8 Å². The van der Waals surface area contributed by atoms with Gasteiger partial charge in [-0.25, -0.2) is 0 Å². The smallest absolute Gasteiger partial charge is 0.144 e. The molecular weight excluding hydrogens is 354 g/mol. The number of para-hydroxylation sites is 1. The fraction of sp³-hybridized carbons (Fsp3) is 0.222. The first-order chi connectivity index (χ1) is 15.9. The quantitative estimate of drug-likeness (QED) is 0.312. The lowest BCUT2D eigenvalue weighted by molar-refractivity contribution is 0.410. The van der Waals surface area contributed by atoms with Gasteiger partial charge in [0.05, 0.1) is 5.69 Å². The molecule has 0 aliphatic heterocycles. The Kier molecular flexibility index (Phi) is 2.93. The minimum absolute atomic E-state index is 0.0315. The summed E-state index contributed by atoms with van der Waals surface area (Å²) < 4.78 is 48.0. The van der Waals surface area contributed by atoms with E-state index in [0.717, 1.165) is 27.1 Å². The zero-order valence-corrected chi connectivity index (χ0v) is 16.7. The standard InChI is InChI=1S/C27H25NO/c1-17-14-24(28-16-19(17)15-27(2,3)4)23-11-7-10-21-22-13-12-18-8-5-6-9-20(18)25(22)29-26(21)23/h5-14,16H,15H2,1-4H3/i1D3,15D2. The largest absolute Gasteiger partial charge is 0.455 e. The molecule has 0 spiro atoms. The van der Waals surface area contributed by atoms with E-state index in [9.17, 15) is 0 Å². The van der Waals surface area contributed by atoms with Gasteiger partial charge in [-0.3, -0.25) is 4.98 Å². The van der Waals surface area contributed by atoms with Crippen LogP contribution in [0.3, 0.4) is 0 Å². The molecule has 0 bridgehead atoms. The molecule has 2 heterocycles. The third kappa shape index (κ3) is 3.09. The molecule has 0 unspecified atom stereocenters. The number of hydrogen-bond donors (Lipinski definition) is 0. The highest BCUT2D eigenvalue weighted by Crippen LogP contribution is 2.38. The molecule has 5 aromatic rings. The van der Waals surface area contributed by atoms with Crippen LogP contribution in [0.15, 0.2) is 71.3 Å².